The van der Waals surface area contributed by atoms with E-state index < -0.39 is 5.91 Å². The molecule has 1 saturated carbocycles. The molecule has 4 rings (SSSR count). The lowest BCUT2D eigenvalue weighted by molar-refractivity contribution is 0.100. The lowest BCUT2D eigenvalue weighted by Gasteiger charge is -2.21. The fourth-order valence-electron chi connectivity index (χ4n) is 3.87. The van der Waals surface area contributed by atoms with Crippen LogP contribution in [0.15, 0.2) is 47.4 Å². The predicted molar refractivity (Wildman–Crippen MR) is 100 cm³/mol. The molecule has 1 fully saturated rings. The van der Waals surface area contributed by atoms with Crippen molar-refractivity contribution in [2.45, 2.75) is 44.7 Å². The van der Waals surface area contributed by atoms with Crippen molar-refractivity contribution in [3.8, 4) is 0 Å². The molecule has 134 valence electrons. The number of fused-ring (bicyclic) bond motifs is 1. The molecular weight excluding hydrogens is 328 g/mol. The number of nitrogens with two attached hydrogens (primary N) is 1. The minimum Gasteiger partial charge on any atom is -0.366 e. The van der Waals surface area contributed by atoms with Gasteiger partial charge in [0.25, 0.3) is 5.56 Å². The first-order valence-corrected chi connectivity index (χ1v) is 9.10. The van der Waals surface area contributed by atoms with Crippen LogP contribution in [0.1, 0.15) is 54.2 Å². The number of primary amides is 1. The number of amides is 1. The van der Waals surface area contributed by atoms with Crippen LogP contribution in [0.3, 0.4) is 0 Å². The first kappa shape index (κ1) is 16.6. The van der Waals surface area contributed by atoms with E-state index in [2.05, 4.69) is 0 Å². The van der Waals surface area contributed by atoms with Gasteiger partial charge in [-0.15, -0.1) is 0 Å². The molecule has 2 heterocycles. The molecule has 2 N–H and O–H groups in total. The lowest BCUT2D eigenvalue weighted by atomic mass is 9.96. The molecule has 0 atom stereocenters. The van der Waals surface area contributed by atoms with Gasteiger partial charge in [0.15, 0.2) is 0 Å². The number of aromatic nitrogens is 3. The van der Waals surface area contributed by atoms with E-state index in [0.29, 0.717) is 23.5 Å². The number of nitrogens with zero attached hydrogens (tertiary/aromatic N) is 3. The van der Waals surface area contributed by atoms with Gasteiger partial charge in [0.2, 0.25) is 5.91 Å². The Morgan fingerprint density at radius 1 is 1.15 bits per heavy atom. The van der Waals surface area contributed by atoms with Crippen LogP contribution in [0.25, 0.3) is 10.9 Å². The zero-order chi connectivity index (χ0) is 18.1. The summed E-state index contributed by atoms with van der Waals surface area (Å²) < 4.78 is 3.69. The number of carbonyl (C=O) groups is 1. The van der Waals surface area contributed by atoms with E-state index in [1.807, 2.05) is 41.2 Å². The summed E-state index contributed by atoms with van der Waals surface area (Å²) in [4.78, 5) is 24.3. The number of carbonyl (C=O) groups excluding carboxylic acids is 1. The predicted octanol–water partition coefficient (Wildman–Crippen LogP) is 2.85. The van der Waals surface area contributed by atoms with Crippen LogP contribution in [0.2, 0.25) is 0 Å². The molecule has 0 saturated heterocycles. The molecule has 1 amide bonds. The van der Waals surface area contributed by atoms with Crippen LogP contribution in [0.4, 0.5) is 0 Å². The highest BCUT2D eigenvalue weighted by molar-refractivity contribution is 6.05. The summed E-state index contributed by atoms with van der Waals surface area (Å²) in [6.45, 7) is 0.373. The Bertz CT molecular complexity index is 1010. The maximum atomic E-state index is 12.6. The number of benzene rings is 1. The van der Waals surface area contributed by atoms with E-state index in [0.717, 1.165) is 18.5 Å². The first-order chi connectivity index (χ1) is 12.6. The lowest BCUT2D eigenvalue weighted by Crippen LogP contribution is -2.24. The van der Waals surface area contributed by atoms with Crippen LogP contribution < -0.4 is 11.3 Å². The van der Waals surface area contributed by atoms with Crippen LogP contribution in [-0.4, -0.2) is 20.3 Å². The monoisotopic (exact) mass is 350 g/mol. The first-order valence-electron chi connectivity index (χ1n) is 9.10. The zero-order valence-corrected chi connectivity index (χ0v) is 14.6. The van der Waals surface area contributed by atoms with Gasteiger partial charge in [-0.1, -0.05) is 37.5 Å². The van der Waals surface area contributed by atoms with Gasteiger partial charge in [-0.2, -0.15) is 5.10 Å². The molecule has 0 unspecified atom stereocenters. The second kappa shape index (κ2) is 6.78. The van der Waals surface area contributed by atoms with Crippen LogP contribution >= 0.6 is 0 Å². The third-order valence-electron chi connectivity index (χ3n) is 5.22. The van der Waals surface area contributed by atoms with Gasteiger partial charge in [-0.3, -0.25) is 14.3 Å². The molecule has 2 aromatic heterocycles. The quantitative estimate of drug-likeness (QED) is 0.785. The summed E-state index contributed by atoms with van der Waals surface area (Å²) in [6, 6.07) is 11.1. The molecule has 6 heteroatoms. The topological polar surface area (TPSA) is 82.9 Å². The second-order valence-electron chi connectivity index (χ2n) is 6.94. The van der Waals surface area contributed by atoms with E-state index in [1.54, 1.807) is 4.57 Å². The van der Waals surface area contributed by atoms with Gasteiger partial charge in [-0.05, 0) is 25.0 Å². The Balaban J connectivity index is 1.71. The largest absolute Gasteiger partial charge is 0.366 e. The number of rotatable bonds is 4. The highest BCUT2D eigenvalue weighted by Crippen LogP contribution is 2.27. The average Bonchev–Trinajstić information content (AvgIpc) is 3.13. The second-order valence-corrected chi connectivity index (χ2v) is 6.94. The fraction of sp³-hybridized carbons (Fsp3) is 0.350. The smallest absolute Gasteiger partial charge is 0.252 e. The van der Waals surface area contributed by atoms with Gasteiger partial charge in [0.05, 0.1) is 29.4 Å². The van der Waals surface area contributed by atoms with Gasteiger partial charge in [-0.25, -0.2) is 0 Å². The molecule has 26 heavy (non-hydrogen) atoms. The molecule has 0 aliphatic heterocycles. The Hall–Kier alpha value is -2.89. The van der Waals surface area contributed by atoms with E-state index in [9.17, 15) is 9.59 Å². The summed E-state index contributed by atoms with van der Waals surface area (Å²) in [7, 11) is 0. The zero-order valence-electron chi connectivity index (χ0n) is 14.6. The van der Waals surface area contributed by atoms with Crippen molar-refractivity contribution in [2.75, 3.05) is 0 Å². The number of hydrogen-bond donors (Lipinski definition) is 1. The van der Waals surface area contributed by atoms with Crippen LogP contribution in [-0.2, 0) is 6.54 Å². The number of para-hydroxylation sites is 1. The number of hydrogen-bond acceptors (Lipinski definition) is 3. The Morgan fingerprint density at radius 3 is 2.69 bits per heavy atom. The molecule has 1 aromatic carbocycles. The van der Waals surface area contributed by atoms with Crippen molar-refractivity contribution in [2.24, 2.45) is 5.73 Å². The normalized spacial score (nSPS) is 15.4. The number of pyridine rings is 1. The third kappa shape index (κ3) is 3.03. The minimum absolute atomic E-state index is 0.246. The summed E-state index contributed by atoms with van der Waals surface area (Å²) >= 11 is 0. The molecule has 0 spiro atoms. The van der Waals surface area contributed by atoms with Crippen molar-refractivity contribution in [3.63, 3.8) is 0 Å². The standard InChI is InChI=1S/C20H22N4O2/c21-20(26)17-12-19(25)23(18-9-5-4-8-16(17)18)13-14-10-11-24(22-14)15-6-2-1-3-7-15/h4-5,8-12,15H,1-3,6-7,13H2,(H2,21,26). The average molecular weight is 350 g/mol. The summed E-state index contributed by atoms with van der Waals surface area (Å²) in [5.41, 5.74) is 6.99. The Labute approximate surface area is 151 Å². The van der Waals surface area contributed by atoms with Crippen molar-refractivity contribution in [3.05, 3.63) is 64.2 Å². The summed E-state index contributed by atoms with van der Waals surface area (Å²) in [5.74, 6) is -0.591. The highest BCUT2D eigenvalue weighted by Gasteiger charge is 2.17. The fourth-order valence-corrected chi connectivity index (χ4v) is 3.87. The van der Waals surface area contributed by atoms with Crippen molar-refractivity contribution in [1.29, 1.82) is 0 Å². The highest BCUT2D eigenvalue weighted by atomic mass is 16.1. The molecule has 1 aliphatic rings. The van der Waals surface area contributed by atoms with Crippen molar-refractivity contribution in [1.82, 2.24) is 14.3 Å². The Kier molecular flexibility index (Phi) is 4.32. The molecule has 0 bridgehead atoms. The van der Waals surface area contributed by atoms with E-state index in [-0.39, 0.29) is 11.1 Å². The maximum Gasteiger partial charge on any atom is 0.252 e. The molecule has 3 aromatic rings. The van der Waals surface area contributed by atoms with Gasteiger partial charge < -0.3 is 10.3 Å². The van der Waals surface area contributed by atoms with Crippen LogP contribution in [0, 0.1) is 0 Å². The van der Waals surface area contributed by atoms with E-state index in [4.69, 9.17) is 10.8 Å². The summed E-state index contributed by atoms with van der Waals surface area (Å²) in [6.07, 6.45) is 8.14. The van der Waals surface area contributed by atoms with Gasteiger partial charge in [0, 0.05) is 17.6 Å². The molecule has 1 aliphatic carbocycles. The SMILES string of the molecule is NC(=O)c1cc(=O)n(Cc2ccn(C3CCCCC3)n2)c2ccccc12. The molecule has 6 nitrogen and oxygen atoms in total. The molecular formula is C20H22N4O2. The van der Waals surface area contributed by atoms with E-state index in [1.165, 1.54) is 25.3 Å². The van der Waals surface area contributed by atoms with E-state index >= 15 is 0 Å². The van der Waals surface area contributed by atoms with Gasteiger partial charge in [0.1, 0.15) is 0 Å². The Morgan fingerprint density at radius 2 is 1.92 bits per heavy atom. The van der Waals surface area contributed by atoms with Crippen molar-refractivity contribution >= 4 is 16.8 Å². The van der Waals surface area contributed by atoms with Crippen molar-refractivity contribution < 1.29 is 4.79 Å². The maximum absolute atomic E-state index is 12.6. The van der Waals surface area contributed by atoms with Gasteiger partial charge >= 0.3 is 0 Å². The third-order valence-corrected chi connectivity index (χ3v) is 5.22. The molecule has 0 radical (unpaired) electrons. The minimum atomic E-state index is -0.591. The van der Waals surface area contributed by atoms with Crippen LogP contribution in [0.5, 0.6) is 0 Å². The summed E-state index contributed by atoms with van der Waals surface area (Å²) in [5, 5.41) is 5.39.